The van der Waals surface area contributed by atoms with Crippen LogP contribution in [0, 0.1) is 0 Å². The monoisotopic (exact) mass is 257 g/mol. The first-order valence-corrected chi connectivity index (χ1v) is 7.13. The molecule has 2 unspecified atom stereocenters. The normalized spacial score (nSPS) is 24.4. The lowest BCUT2D eigenvalue weighted by Gasteiger charge is -2.16. The highest BCUT2D eigenvalue weighted by Gasteiger charge is 2.32. The summed E-state index contributed by atoms with van der Waals surface area (Å²) < 4.78 is 10.3. The van der Waals surface area contributed by atoms with Crippen molar-refractivity contribution < 1.29 is 9.26 Å². The number of hydrogen-bond acceptors (Lipinski definition) is 6. The first-order chi connectivity index (χ1) is 8.35. The van der Waals surface area contributed by atoms with Gasteiger partial charge < -0.3 is 14.6 Å². The molecule has 0 aliphatic carbocycles. The average molecular weight is 257 g/mol. The summed E-state index contributed by atoms with van der Waals surface area (Å²) in [6.07, 6.45) is 1.15. The minimum atomic E-state index is 0.338. The molecule has 0 amide bonds. The Morgan fingerprint density at radius 3 is 3.18 bits per heavy atom. The molecule has 1 fully saturated rings. The highest BCUT2D eigenvalue weighted by Crippen LogP contribution is 2.31. The van der Waals surface area contributed by atoms with E-state index >= 15 is 0 Å². The van der Waals surface area contributed by atoms with E-state index in [-0.39, 0.29) is 0 Å². The van der Waals surface area contributed by atoms with Crippen LogP contribution in [0.4, 0.5) is 0 Å². The molecule has 1 aromatic heterocycles. The highest BCUT2D eigenvalue weighted by atomic mass is 32.2. The van der Waals surface area contributed by atoms with E-state index in [1.54, 1.807) is 7.11 Å². The molecule has 6 heteroatoms. The Balaban J connectivity index is 1.98. The minimum Gasteiger partial charge on any atom is -0.377 e. The van der Waals surface area contributed by atoms with Gasteiger partial charge in [-0.05, 0) is 13.0 Å². The zero-order chi connectivity index (χ0) is 12.1. The second kappa shape index (κ2) is 6.37. The van der Waals surface area contributed by atoms with Gasteiger partial charge in [0.1, 0.15) is 6.61 Å². The molecule has 5 nitrogen and oxygen atoms in total. The molecule has 1 aliphatic heterocycles. The molecule has 0 aromatic carbocycles. The van der Waals surface area contributed by atoms with Crippen LogP contribution in [0.15, 0.2) is 4.52 Å². The maximum atomic E-state index is 5.32. The van der Waals surface area contributed by atoms with Crippen molar-refractivity contribution >= 4 is 11.8 Å². The van der Waals surface area contributed by atoms with E-state index in [0.717, 1.165) is 30.4 Å². The largest absolute Gasteiger partial charge is 0.377 e. The molecule has 17 heavy (non-hydrogen) atoms. The van der Waals surface area contributed by atoms with E-state index in [0.29, 0.717) is 24.4 Å². The third kappa shape index (κ3) is 3.20. The van der Waals surface area contributed by atoms with Gasteiger partial charge in [-0.2, -0.15) is 16.7 Å². The van der Waals surface area contributed by atoms with Gasteiger partial charge in [0.15, 0.2) is 5.82 Å². The Hall–Kier alpha value is -0.590. The summed E-state index contributed by atoms with van der Waals surface area (Å²) in [7, 11) is 1.63. The van der Waals surface area contributed by atoms with Crippen molar-refractivity contribution in [2.24, 2.45) is 0 Å². The van der Waals surface area contributed by atoms with Gasteiger partial charge in [-0.1, -0.05) is 12.1 Å². The fourth-order valence-electron chi connectivity index (χ4n) is 1.93. The van der Waals surface area contributed by atoms with Crippen molar-refractivity contribution in [2.45, 2.75) is 31.9 Å². The number of nitrogens with one attached hydrogen (secondary N) is 1. The summed E-state index contributed by atoms with van der Waals surface area (Å²) in [6, 6.07) is 0.454. The standard InChI is InChI=1S/C11H19N3O2S/c1-3-4-12-9-7-17-6-8(9)11-13-10(5-15-2)14-16-11/h8-9,12H,3-7H2,1-2H3. The van der Waals surface area contributed by atoms with Gasteiger partial charge in [0.25, 0.3) is 0 Å². The molecule has 1 N–H and O–H groups in total. The third-order valence-corrected chi connectivity index (χ3v) is 4.00. The predicted octanol–water partition coefficient (Wildman–Crippen LogP) is 1.41. The van der Waals surface area contributed by atoms with Crippen molar-refractivity contribution in [3.05, 3.63) is 11.7 Å². The van der Waals surface area contributed by atoms with Gasteiger partial charge in [0.05, 0.1) is 5.92 Å². The molecule has 0 bridgehead atoms. The topological polar surface area (TPSA) is 60.2 Å². The van der Waals surface area contributed by atoms with Gasteiger partial charge in [-0.15, -0.1) is 0 Å². The quantitative estimate of drug-likeness (QED) is 0.831. The lowest BCUT2D eigenvalue weighted by molar-refractivity contribution is 0.174. The summed E-state index contributed by atoms with van der Waals surface area (Å²) in [5, 5.41) is 7.46. The number of aromatic nitrogens is 2. The van der Waals surface area contributed by atoms with Crippen molar-refractivity contribution in [3.63, 3.8) is 0 Å². The fourth-order valence-corrected chi connectivity index (χ4v) is 3.30. The summed E-state index contributed by atoms with van der Waals surface area (Å²) in [4.78, 5) is 4.38. The molecule has 0 saturated carbocycles. The van der Waals surface area contributed by atoms with Crippen LogP contribution in [0.3, 0.4) is 0 Å². The summed E-state index contributed by atoms with van der Waals surface area (Å²) >= 11 is 1.94. The second-order valence-corrected chi connectivity index (χ2v) is 5.26. The maximum absolute atomic E-state index is 5.32. The number of methoxy groups -OCH3 is 1. The molecule has 1 aliphatic rings. The second-order valence-electron chi connectivity index (χ2n) is 4.19. The van der Waals surface area contributed by atoms with Crippen LogP contribution in [0.1, 0.15) is 31.0 Å². The Bertz CT molecular complexity index is 345. The first kappa shape index (κ1) is 12.9. The van der Waals surface area contributed by atoms with Crippen LogP contribution in [0.2, 0.25) is 0 Å². The van der Waals surface area contributed by atoms with Gasteiger partial charge in [0, 0.05) is 24.7 Å². The number of nitrogens with zero attached hydrogens (tertiary/aromatic N) is 2. The van der Waals surface area contributed by atoms with Crippen molar-refractivity contribution in [1.29, 1.82) is 0 Å². The van der Waals surface area contributed by atoms with E-state index in [2.05, 4.69) is 22.4 Å². The van der Waals surface area contributed by atoms with E-state index < -0.39 is 0 Å². The zero-order valence-corrected chi connectivity index (χ0v) is 11.1. The third-order valence-electron chi connectivity index (χ3n) is 2.81. The average Bonchev–Trinajstić information content (AvgIpc) is 2.94. The van der Waals surface area contributed by atoms with E-state index in [4.69, 9.17) is 9.26 Å². The smallest absolute Gasteiger partial charge is 0.232 e. The van der Waals surface area contributed by atoms with Gasteiger partial charge in [0.2, 0.25) is 5.89 Å². The van der Waals surface area contributed by atoms with Crippen LogP contribution < -0.4 is 5.32 Å². The van der Waals surface area contributed by atoms with Crippen LogP contribution in [0.25, 0.3) is 0 Å². The van der Waals surface area contributed by atoms with E-state index in [9.17, 15) is 0 Å². The van der Waals surface area contributed by atoms with Crippen LogP contribution in [-0.2, 0) is 11.3 Å². The van der Waals surface area contributed by atoms with Gasteiger partial charge in [-0.3, -0.25) is 0 Å². The molecule has 2 rings (SSSR count). The maximum Gasteiger partial charge on any atom is 0.232 e. The van der Waals surface area contributed by atoms with Gasteiger partial charge >= 0.3 is 0 Å². The Morgan fingerprint density at radius 2 is 2.41 bits per heavy atom. The SMILES string of the molecule is CCCNC1CSCC1c1nc(COC)no1. The van der Waals surface area contributed by atoms with Gasteiger partial charge in [-0.25, -0.2) is 0 Å². The number of thioether (sulfide) groups is 1. The van der Waals surface area contributed by atoms with Crippen molar-refractivity contribution in [3.8, 4) is 0 Å². The zero-order valence-electron chi connectivity index (χ0n) is 10.3. The first-order valence-electron chi connectivity index (χ1n) is 5.97. The van der Waals surface area contributed by atoms with E-state index in [1.807, 2.05) is 11.8 Å². The minimum absolute atomic E-state index is 0.338. The molecular formula is C11H19N3O2S. The van der Waals surface area contributed by atoms with Crippen LogP contribution >= 0.6 is 11.8 Å². The number of ether oxygens (including phenoxy) is 1. The summed E-state index contributed by atoms with van der Waals surface area (Å²) in [5.41, 5.74) is 0. The molecule has 0 spiro atoms. The van der Waals surface area contributed by atoms with Crippen molar-refractivity contribution in [2.75, 3.05) is 25.2 Å². The fraction of sp³-hybridized carbons (Fsp3) is 0.818. The molecule has 2 heterocycles. The Kier molecular flexibility index (Phi) is 4.82. The Morgan fingerprint density at radius 1 is 1.53 bits per heavy atom. The molecular weight excluding hydrogens is 238 g/mol. The molecule has 0 radical (unpaired) electrons. The number of hydrogen-bond donors (Lipinski definition) is 1. The van der Waals surface area contributed by atoms with Crippen LogP contribution in [0.5, 0.6) is 0 Å². The molecule has 96 valence electrons. The molecule has 1 aromatic rings. The summed E-state index contributed by atoms with van der Waals surface area (Å²) in [5.74, 6) is 3.89. The predicted molar refractivity (Wildman–Crippen MR) is 67.2 cm³/mol. The Labute approximate surface area is 106 Å². The lowest BCUT2D eigenvalue weighted by atomic mass is 10.0. The summed E-state index contributed by atoms with van der Waals surface area (Å²) in [6.45, 7) is 3.63. The lowest BCUT2D eigenvalue weighted by Crippen LogP contribution is -2.34. The molecule has 2 atom stereocenters. The van der Waals surface area contributed by atoms with Crippen molar-refractivity contribution in [1.82, 2.24) is 15.5 Å². The van der Waals surface area contributed by atoms with Crippen LogP contribution in [-0.4, -0.2) is 41.3 Å². The highest BCUT2D eigenvalue weighted by molar-refractivity contribution is 7.99. The number of rotatable bonds is 6. The van der Waals surface area contributed by atoms with E-state index in [1.165, 1.54) is 0 Å². The molecule has 1 saturated heterocycles.